The van der Waals surface area contributed by atoms with Crippen molar-refractivity contribution >= 4 is 28.9 Å². The molecule has 1 fully saturated rings. The molecular weight excluding hydrogens is 381 g/mol. The smallest absolute Gasteiger partial charge is 0.143 e. The zero-order chi connectivity index (χ0) is 18.6. The molecule has 0 spiro atoms. The molecule has 2 heterocycles. The van der Waals surface area contributed by atoms with Crippen LogP contribution < -0.4 is 9.64 Å². The first-order valence-electron chi connectivity index (χ1n) is 9.11. The van der Waals surface area contributed by atoms with Gasteiger partial charge < -0.3 is 14.2 Å². The molecule has 0 radical (unpaired) electrons. The topological polar surface area (TPSA) is 30.3 Å². The minimum absolute atomic E-state index is 0.249. The van der Waals surface area contributed by atoms with Gasteiger partial charge in [-0.1, -0.05) is 29.3 Å². The van der Waals surface area contributed by atoms with Gasteiger partial charge >= 0.3 is 0 Å². The van der Waals surface area contributed by atoms with Gasteiger partial charge in [-0.05, 0) is 49.2 Å². The van der Waals surface area contributed by atoms with Gasteiger partial charge in [-0.15, -0.1) is 0 Å². The molecule has 4 nitrogen and oxygen atoms in total. The molecule has 0 aliphatic carbocycles. The lowest BCUT2D eigenvalue weighted by Gasteiger charge is -2.22. The number of rotatable bonds is 6. The number of imidazole rings is 1. The van der Waals surface area contributed by atoms with E-state index in [4.69, 9.17) is 27.9 Å². The highest BCUT2D eigenvalue weighted by atomic mass is 35.5. The predicted molar refractivity (Wildman–Crippen MR) is 110 cm³/mol. The molecule has 3 aromatic rings. The van der Waals surface area contributed by atoms with Gasteiger partial charge in [0.2, 0.25) is 0 Å². The maximum Gasteiger partial charge on any atom is 0.143 e. The highest BCUT2D eigenvalue weighted by Gasteiger charge is 2.19. The van der Waals surface area contributed by atoms with Gasteiger partial charge in [0.25, 0.3) is 0 Å². The van der Waals surface area contributed by atoms with E-state index >= 15 is 0 Å². The Balaban J connectivity index is 1.56. The van der Waals surface area contributed by atoms with Crippen LogP contribution >= 0.6 is 23.2 Å². The zero-order valence-electron chi connectivity index (χ0n) is 14.9. The maximum absolute atomic E-state index is 6.45. The average molecular weight is 402 g/mol. The summed E-state index contributed by atoms with van der Waals surface area (Å²) in [6.07, 6.45) is 7.72. The van der Waals surface area contributed by atoms with Crippen LogP contribution in [0.15, 0.2) is 61.2 Å². The largest absolute Gasteiger partial charge is 0.484 e. The van der Waals surface area contributed by atoms with Gasteiger partial charge in [0.15, 0.2) is 0 Å². The second kappa shape index (κ2) is 8.24. The first-order valence-corrected chi connectivity index (χ1v) is 9.87. The highest BCUT2D eigenvalue weighted by Crippen LogP contribution is 2.32. The number of anilines is 1. The number of ether oxygens (including phenoxy) is 1. The zero-order valence-corrected chi connectivity index (χ0v) is 16.4. The van der Waals surface area contributed by atoms with Gasteiger partial charge in [-0.25, -0.2) is 4.98 Å². The molecule has 0 bridgehead atoms. The van der Waals surface area contributed by atoms with Gasteiger partial charge in [-0.2, -0.15) is 0 Å². The number of aromatic nitrogens is 2. The molecule has 1 atom stereocenters. The lowest BCUT2D eigenvalue weighted by Crippen LogP contribution is -2.17. The third-order valence-corrected chi connectivity index (χ3v) is 5.39. The normalized spacial score (nSPS) is 15.1. The number of hydrogen-bond acceptors (Lipinski definition) is 3. The van der Waals surface area contributed by atoms with E-state index in [0.717, 1.165) is 24.4 Å². The molecule has 1 aromatic heterocycles. The van der Waals surface area contributed by atoms with Crippen molar-refractivity contribution in [1.29, 1.82) is 0 Å². The van der Waals surface area contributed by atoms with Crippen molar-refractivity contribution in [2.24, 2.45) is 0 Å². The summed E-state index contributed by atoms with van der Waals surface area (Å²) >= 11 is 12.5. The van der Waals surface area contributed by atoms with Crippen LogP contribution in [0, 0.1) is 0 Å². The lowest BCUT2D eigenvalue weighted by atomic mass is 10.1. The van der Waals surface area contributed by atoms with E-state index in [0.29, 0.717) is 16.6 Å². The summed E-state index contributed by atoms with van der Waals surface area (Å²) in [6.45, 7) is 2.86. The van der Waals surface area contributed by atoms with Crippen molar-refractivity contribution in [2.75, 3.05) is 18.0 Å². The summed E-state index contributed by atoms with van der Waals surface area (Å²) < 4.78 is 8.30. The average Bonchev–Trinajstić information content (AvgIpc) is 3.36. The SMILES string of the molecule is Clc1ccc(C(Cn2ccnc2)Oc2ccc(N3CCCC3)cc2)c(Cl)c1. The number of hydrogen-bond donors (Lipinski definition) is 0. The lowest BCUT2D eigenvalue weighted by molar-refractivity contribution is 0.183. The van der Waals surface area contributed by atoms with E-state index in [-0.39, 0.29) is 6.10 Å². The number of benzene rings is 2. The Bertz CT molecular complexity index is 875. The fourth-order valence-corrected chi connectivity index (χ4v) is 3.95. The fraction of sp³-hybridized carbons (Fsp3) is 0.286. The van der Waals surface area contributed by atoms with E-state index in [1.54, 1.807) is 18.6 Å². The van der Waals surface area contributed by atoms with Crippen LogP contribution in [0.25, 0.3) is 0 Å². The van der Waals surface area contributed by atoms with Crippen LogP contribution in [0.5, 0.6) is 5.75 Å². The second-order valence-electron chi connectivity index (χ2n) is 6.72. The summed E-state index contributed by atoms with van der Waals surface area (Å²) in [5, 5.41) is 1.21. The molecule has 0 amide bonds. The quantitative estimate of drug-likeness (QED) is 0.537. The van der Waals surface area contributed by atoms with Crippen LogP contribution in [0.4, 0.5) is 5.69 Å². The van der Waals surface area contributed by atoms with Crippen molar-refractivity contribution < 1.29 is 4.74 Å². The highest BCUT2D eigenvalue weighted by molar-refractivity contribution is 6.35. The summed E-state index contributed by atoms with van der Waals surface area (Å²) in [4.78, 5) is 6.52. The molecule has 6 heteroatoms. The second-order valence-corrected chi connectivity index (χ2v) is 7.56. The van der Waals surface area contributed by atoms with E-state index in [9.17, 15) is 0 Å². The molecule has 2 aromatic carbocycles. The Morgan fingerprint density at radius 2 is 1.81 bits per heavy atom. The Labute approximate surface area is 169 Å². The number of nitrogens with zero attached hydrogens (tertiary/aromatic N) is 3. The van der Waals surface area contributed by atoms with Crippen molar-refractivity contribution in [2.45, 2.75) is 25.5 Å². The molecule has 0 saturated carbocycles. The third kappa shape index (κ3) is 4.40. The predicted octanol–water partition coefficient (Wildman–Crippen LogP) is 5.61. The molecule has 0 N–H and O–H groups in total. The van der Waals surface area contributed by atoms with Crippen LogP contribution in [0.1, 0.15) is 24.5 Å². The monoisotopic (exact) mass is 401 g/mol. The van der Waals surface area contributed by atoms with Crippen molar-refractivity contribution in [3.8, 4) is 5.75 Å². The Hall–Kier alpha value is -2.17. The Morgan fingerprint density at radius 1 is 1.04 bits per heavy atom. The Kier molecular flexibility index (Phi) is 5.55. The maximum atomic E-state index is 6.45. The van der Waals surface area contributed by atoms with Crippen molar-refractivity contribution in [3.05, 3.63) is 76.8 Å². The van der Waals surface area contributed by atoms with E-state index in [1.807, 2.05) is 35.0 Å². The van der Waals surface area contributed by atoms with E-state index in [2.05, 4.69) is 22.0 Å². The minimum Gasteiger partial charge on any atom is -0.484 e. The van der Waals surface area contributed by atoms with E-state index in [1.165, 1.54) is 18.5 Å². The molecule has 1 saturated heterocycles. The first kappa shape index (κ1) is 18.2. The van der Waals surface area contributed by atoms with Gasteiger partial charge in [-0.3, -0.25) is 0 Å². The third-order valence-electron chi connectivity index (χ3n) is 4.83. The summed E-state index contributed by atoms with van der Waals surface area (Å²) in [5.74, 6) is 0.814. The van der Waals surface area contributed by atoms with Gasteiger partial charge in [0, 0.05) is 46.8 Å². The Morgan fingerprint density at radius 3 is 2.48 bits per heavy atom. The van der Waals surface area contributed by atoms with Crippen molar-refractivity contribution in [3.63, 3.8) is 0 Å². The first-order chi connectivity index (χ1) is 13.2. The molecule has 1 aliphatic rings. The van der Waals surface area contributed by atoms with Gasteiger partial charge in [0.1, 0.15) is 11.9 Å². The van der Waals surface area contributed by atoms with Crippen molar-refractivity contribution in [1.82, 2.24) is 9.55 Å². The molecule has 1 aliphatic heterocycles. The van der Waals surface area contributed by atoms with Crippen LogP contribution in [0.2, 0.25) is 10.0 Å². The van der Waals surface area contributed by atoms with Crippen LogP contribution in [-0.4, -0.2) is 22.6 Å². The molecule has 4 rings (SSSR count). The standard InChI is InChI=1S/C21H21Cl2N3O/c22-16-3-8-19(20(23)13-16)21(14-25-12-9-24-15-25)27-18-6-4-17(5-7-18)26-10-1-2-11-26/h3-9,12-13,15,21H,1-2,10-11,14H2. The van der Waals surface area contributed by atoms with Gasteiger partial charge in [0.05, 0.1) is 12.9 Å². The molecule has 27 heavy (non-hydrogen) atoms. The summed E-state index contributed by atoms with van der Waals surface area (Å²) in [6, 6.07) is 13.8. The van der Waals surface area contributed by atoms with Crippen LogP contribution in [-0.2, 0) is 6.54 Å². The molecule has 140 valence electrons. The summed E-state index contributed by atoms with van der Waals surface area (Å²) in [7, 11) is 0. The fourth-order valence-electron chi connectivity index (χ4n) is 3.42. The molecular formula is C21H21Cl2N3O. The van der Waals surface area contributed by atoms with E-state index < -0.39 is 0 Å². The summed E-state index contributed by atoms with van der Waals surface area (Å²) in [5.41, 5.74) is 2.15. The molecule has 1 unspecified atom stereocenters. The van der Waals surface area contributed by atoms with Crippen LogP contribution in [0.3, 0.4) is 0 Å². The minimum atomic E-state index is -0.249. The number of halogens is 2.